The fourth-order valence-electron chi connectivity index (χ4n) is 3.47. The van der Waals surface area contributed by atoms with E-state index >= 15 is 0 Å². The van der Waals surface area contributed by atoms with Gasteiger partial charge in [-0.1, -0.05) is 60.7 Å². The first-order valence-electron chi connectivity index (χ1n) is 9.93. The van der Waals surface area contributed by atoms with E-state index in [0.717, 1.165) is 27.6 Å². The minimum atomic E-state index is -1.34. The molecule has 0 unspecified atom stereocenters. The first kappa shape index (κ1) is 20.2. The van der Waals surface area contributed by atoms with Crippen LogP contribution in [0.15, 0.2) is 85.1 Å². The van der Waals surface area contributed by atoms with Crippen molar-refractivity contribution in [3.05, 3.63) is 90.6 Å². The number of nitrogens with one attached hydrogen (secondary N) is 2. The Morgan fingerprint density at radius 1 is 0.903 bits per heavy atom. The van der Waals surface area contributed by atoms with Crippen LogP contribution in [0.1, 0.15) is 5.56 Å². The first-order chi connectivity index (χ1) is 15.1. The van der Waals surface area contributed by atoms with Crippen LogP contribution < -0.4 is 15.2 Å². The van der Waals surface area contributed by atoms with E-state index in [1.54, 1.807) is 18.3 Å². The summed E-state index contributed by atoms with van der Waals surface area (Å²) in [4.78, 5) is 26.9. The third-order valence-electron chi connectivity index (χ3n) is 5.05. The topological polar surface area (TPSA) is 94.2 Å². The van der Waals surface area contributed by atoms with Crippen molar-refractivity contribution < 1.29 is 19.4 Å². The number of carbonyl (C=O) groups is 2. The van der Waals surface area contributed by atoms with Gasteiger partial charge in [-0.05, 0) is 34.9 Å². The number of aromatic amines is 1. The van der Waals surface area contributed by atoms with Gasteiger partial charge in [0.25, 0.3) is 5.91 Å². The molecule has 0 bridgehead atoms. The summed E-state index contributed by atoms with van der Waals surface area (Å²) >= 11 is 0. The minimum Gasteiger partial charge on any atom is -0.548 e. The van der Waals surface area contributed by atoms with Crippen LogP contribution in [0.4, 0.5) is 0 Å². The van der Waals surface area contributed by atoms with E-state index in [1.807, 2.05) is 66.7 Å². The Bertz CT molecular complexity index is 1180. The SMILES string of the molecule is O=C(COc1ccc(-c2ccccc2)cc1)N[C@@H](Cc1c[nH]c2ccccc12)C(=O)[O-]. The second kappa shape index (κ2) is 9.17. The molecule has 3 aromatic carbocycles. The largest absolute Gasteiger partial charge is 0.548 e. The number of ether oxygens (including phenoxy) is 1. The minimum absolute atomic E-state index is 0.115. The normalized spacial score (nSPS) is 11.7. The van der Waals surface area contributed by atoms with E-state index in [-0.39, 0.29) is 13.0 Å². The Morgan fingerprint density at radius 3 is 2.32 bits per heavy atom. The van der Waals surface area contributed by atoms with Gasteiger partial charge in [0.15, 0.2) is 6.61 Å². The highest BCUT2D eigenvalue weighted by atomic mass is 16.5. The number of para-hydroxylation sites is 1. The molecule has 0 fully saturated rings. The molecule has 1 heterocycles. The third kappa shape index (κ3) is 4.93. The van der Waals surface area contributed by atoms with Crippen molar-refractivity contribution in [3.8, 4) is 16.9 Å². The molecule has 1 atom stereocenters. The predicted molar refractivity (Wildman–Crippen MR) is 116 cm³/mol. The van der Waals surface area contributed by atoms with Gasteiger partial charge in [-0.2, -0.15) is 0 Å². The van der Waals surface area contributed by atoms with Crippen molar-refractivity contribution in [2.45, 2.75) is 12.5 Å². The molecule has 1 amide bonds. The molecule has 2 N–H and O–H groups in total. The number of amides is 1. The molecule has 0 saturated heterocycles. The quantitative estimate of drug-likeness (QED) is 0.464. The molecular formula is C25H21N2O4-. The van der Waals surface area contributed by atoms with Gasteiger partial charge in [0.1, 0.15) is 5.75 Å². The number of rotatable bonds is 8. The average molecular weight is 413 g/mol. The fourth-order valence-corrected chi connectivity index (χ4v) is 3.47. The molecule has 6 nitrogen and oxygen atoms in total. The van der Waals surface area contributed by atoms with Crippen LogP contribution in [0.3, 0.4) is 0 Å². The van der Waals surface area contributed by atoms with Crippen LogP contribution in [0.25, 0.3) is 22.0 Å². The number of aromatic nitrogens is 1. The van der Waals surface area contributed by atoms with Crippen LogP contribution >= 0.6 is 0 Å². The van der Waals surface area contributed by atoms with Gasteiger partial charge in [0.05, 0.1) is 12.0 Å². The number of H-pyrrole nitrogens is 1. The van der Waals surface area contributed by atoms with E-state index in [0.29, 0.717) is 5.75 Å². The molecule has 156 valence electrons. The predicted octanol–water partition coefficient (Wildman–Crippen LogP) is 2.69. The molecular weight excluding hydrogens is 392 g/mol. The lowest BCUT2D eigenvalue weighted by atomic mass is 10.1. The van der Waals surface area contributed by atoms with Gasteiger partial charge in [-0.25, -0.2) is 0 Å². The standard InChI is InChI=1S/C25H22N2O4/c28-24(16-31-20-12-10-18(11-13-20)17-6-2-1-3-7-17)27-23(25(29)30)14-19-15-26-22-9-5-4-8-21(19)22/h1-13,15,23,26H,14,16H2,(H,27,28)(H,29,30)/p-1/t23-/m0/s1. The van der Waals surface area contributed by atoms with Crippen molar-refractivity contribution in [3.63, 3.8) is 0 Å². The molecule has 31 heavy (non-hydrogen) atoms. The second-order valence-corrected chi connectivity index (χ2v) is 7.18. The smallest absolute Gasteiger partial charge is 0.258 e. The summed E-state index contributed by atoms with van der Waals surface area (Å²) in [7, 11) is 0. The molecule has 4 rings (SSSR count). The number of hydrogen-bond acceptors (Lipinski definition) is 4. The van der Waals surface area contributed by atoms with Gasteiger partial charge < -0.3 is 24.9 Å². The average Bonchev–Trinajstić information content (AvgIpc) is 3.21. The Balaban J connectivity index is 1.35. The van der Waals surface area contributed by atoms with E-state index in [2.05, 4.69) is 10.3 Å². The lowest BCUT2D eigenvalue weighted by Gasteiger charge is -2.19. The van der Waals surface area contributed by atoms with E-state index in [9.17, 15) is 14.7 Å². The third-order valence-corrected chi connectivity index (χ3v) is 5.05. The van der Waals surface area contributed by atoms with E-state index in [4.69, 9.17) is 4.74 Å². The molecule has 1 aromatic heterocycles. The maximum Gasteiger partial charge on any atom is 0.258 e. The number of carboxylic acids is 1. The Kier molecular flexibility index (Phi) is 5.98. The highest BCUT2D eigenvalue weighted by Gasteiger charge is 2.17. The number of carbonyl (C=O) groups excluding carboxylic acids is 2. The van der Waals surface area contributed by atoms with Gasteiger partial charge in [-0.3, -0.25) is 4.79 Å². The molecule has 0 aliphatic heterocycles. The summed E-state index contributed by atoms with van der Waals surface area (Å²) in [5.41, 5.74) is 3.82. The second-order valence-electron chi connectivity index (χ2n) is 7.18. The summed E-state index contributed by atoms with van der Waals surface area (Å²) in [6, 6.07) is 23.7. The number of hydrogen-bond donors (Lipinski definition) is 2. The van der Waals surface area contributed by atoms with Crippen molar-refractivity contribution in [2.24, 2.45) is 0 Å². The van der Waals surface area contributed by atoms with Crippen molar-refractivity contribution in [1.82, 2.24) is 10.3 Å². The van der Waals surface area contributed by atoms with Crippen molar-refractivity contribution >= 4 is 22.8 Å². The lowest BCUT2D eigenvalue weighted by molar-refractivity contribution is -0.308. The van der Waals surface area contributed by atoms with Gasteiger partial charge in [0.2, 0.25) is 0 Å². The number of benzene rings is 3. The zero-order valence-electron chi connectivity index (χ0n) is 16.7. The molecule has 0 spiro atoms. The molecule has 0 saturated carbocycles. The number of aliphatic carboxylic acids is 1. The summed E-state index contributed by atoms with van der Waals surface area (Å²) in [5.74, 6) is -1.34. The summed E-state index contributed by atoms with van der Waals surface area (Å²) in [6.45, 7) is -0.289. The highest BCUT2D eigenvalue weighted by Crippen LogP contribution is 2.22. The van der Waals surface area contributed by atoms with Crippen LogP contribution in [-0.4, -0.2) is 29.5 Å². The monoisotopic (exact) mass is 413 g/mol. The molecule has 0 aliphatic carbocycles. The summed E-state index contributed by atoms with van der Waals surface area (Å²) in [5, 5.41) is 15.0. The Morgan fingerprint density at radius 2 is 1.58 bits per heavy atom. The van der Waals surface area contributed by atoms with Gasteiger partial charge in [0, 0.05) is 23.5 Å². The molecule has 0 aliphatic rings. The molecule has 6 heteroatoms. The van der Waals surface area contributed by atoms with Gasteiger partial charge in [-0.15, -0.1) is 0 Å². The van der Waals surface area contributed by atoms with Crippen molar-refractivity contribution in [2.75, 3.05) is 6.61 Å². The first-order valence-corrected chi connectivity index (χ1v) is 9.93. The van der Waals surface area contributed by atoms with Crippen LogP contribution in [0.5, 0.6) is 5.75 Å². The Hall–Kier alpha value is -4.06. The summed E-state index contributed by atoms with van der Waals surface area (Å²) < 4.78 is 5.51. The van der Waals surface area contributed by atoms with Gasteiger partial charge >= 0.3 is 0 Å². The number of fused-ring (bicyclic) bond motifs is 1. The van der Waals surface area contributed by atoms with E-state index in [1.165, 1.54) is 0 Å². The zero-order chi connectivity index (χ0) is 21.6. The van der Waals surface area contributed by atoms with Crippen molar-refractivity contribution in [1.29, 1.82) is 0 Å². The molecule has 0 radical (unpaired) electrons. The van der Waals surface area contributed by atoms with Crippen LogP contribution in [0.2, 0.25) is 0 Å². The van der Waals surface area contributed by atoms with Crippen LogP contribution in [-0.2, 0) is 16.0 Å². The fraction of sp³-hybridized carbons (Fsp3) is 0.120. The van der Waals surface area contributed by atoms with Crippen LogP contribution in [0, 0.1) is 0 Å². The maximum atomic E-state index is 12.3. The van der Waals surface area contributed by atoms with E-state index < -0.39 is 17.9 Å². The Labute approximate surface area is 179 Å². The summed E-state index contributed by atoms with van der Waals surface area (Å²) in [6.07, 6.45) is 1.86. The maximum absolute atomic E-state index is 12.3. The lowest BCUT2D eigenvalue weighted by Crippen LogP contribution is -2.50. The molecule has 4 aromatic rings. The number of carboxylic acid groups (broad SMARTS) is 1. The zero-order valence-corrected chi connectivity index (χ0v) is 16.7. The highest BCUT2D eigenvalue weighted by molar-refractivity contribution is 5.86.